The number of aromatic nitrogens is 1. The van der Waals surface area contributed by atoms with Gasteiger partial charge in [-0.2, -0.15) is 0 Å². The van der Waals surface area contributed by atoms with Crippen molar-refractivity contribution in [3.63, 3.8) is 0 Å². The van der Waals surface area contributed by atoms with Crippen molar-refractivity contribution in [3.8, 4) is 0 Å². The number of benzene rings is 1. The van der Waals surface area contributed by atoms with Gasteiger partial charge in [-0.3, -0.25) is 15.5 Å². The maximum atomic E-state index is 11.3. The van der Waals surface area contributed by atoms with Crippen LogP contribution in [0.3, 0.4) is 0 Å². The summed E-state index contributed by atoms with van der Waals surface area (Å²) in [6.07, 6.45) is -0.137. The minimum Gasteiger partial charge on any atom is -0.477 e. The fourth-order valence-corrected chi connectivity index (χ4v) is 2.50. The van der Waals surface area contributed by atoms with E-state index in [9.17, 15) is 14.9 Å². The first-order valence-corrected chi connectivity index (χ1v) is 6.27. The molecule has 1 aromatic heterocycles. The number of nitrogens with one attached hydrogen (secondary N) is 1. The molecule has 2 aromatic rings. The van der Waals surface area contributed by atoms with Crippen molar-refractivity contribution >= 4 is 28.3 Å². The van der Waals surface area contributed by atoms with Crippen LogP contribution in [0.15, 0.2) is 12.1 Å². The van der Waals surface area contributed by atoms with Crippen molar-refractivity contribution in [3.05, 3.63) is 39.1 Å². The van der Waals surface area contributed by atoms with E-state index in [0.29, 0.717) is 16.5 Å². The monoisotopic (exact) mass is 289 g/mol. The standard InChI is InChI=1S/C14H15N3O4/c1-7-4-11-13(12(5-7)17(20)21)9(8(2)16(11)3)6-10(15)14(18)19/h4-5,15H,6H2,1-3H3,(H,18,19). The Morgan fingerprint density at radius 1 is 1.43 bits per heavy atom. The zero-order chi connectivity index (χ0) is 15.9. The Kier molecular flexibility index (Phi) is 3.51. The van der Waals surface area contributed by atoms with Crippen molar-refractivity contribution < 1.29 is 14.8 Å². The Morgan fingerprint density at radius 2 is 2.05 bits per heavy atom. The predicted molar refractivity (Wildman–Crippen MR) is 78.1 cm³/mol. The number of carbonyl (C=O) groups is 1. The molecule has 0 unspecified atom stereocenters. The van der Waals surface area contributed by atoms with Gasteiger partial charge in [0, 0.05) is 25.2 Å². The number of rotatable bonds is 4. The highest BCUT2D eigenvalue weighted by Gasteiger charge is 2.24. The van der Waals surface area contributed by atoms with Crippen LogP contribution in [0.1, 0.15) is 16.8 Å². The predicted octanol–water partition coefficient (Wildman–Crippen LogP) is 2.35. The number of aliphatic carboxylic acids is 1. The van der Waals surface area contributed by atoms with Gasteiger partial charge in [0.05, 0.1) is 15.8 Å². The molecule has 0 aliphatic rings. The largest absolute Gasteiger partial charge is 0.477 e. The summed E-state index contributed by atoms with van der Waals surface area (Å²) in [6.45, 7) is 3.54. The van der Waals surface area contributed by atoms with Gasteiger partial charge in [-0.05, 0) is 31.0 Å². The topological polar surface area (TPSA) is 109 Å². The van der Waals surface area contributed by atoms with Crippen LogP contribution in [-0.2, 0) is 18.3 Å². The summed E-state index contributed by atoms with van der Waals surface area (Å²) in [6, 6.07) is 3.29. The second-order valence-corrected chi connectivity index (χ2v) is 5.02. The van der Waals surface area contributed by atoms with Gasteiger partial charge in [-0.1, -0.05) is 0 Å². The molecular weight excluding hydrogens is 274 g/mol. The third kappa shape index (κ3) is 2.37. The normalized spacial score (nSPS) is 10.8. The minimum absolute atomic E-state index is 0.0538. The lowest BCUT2D eigenvalue weighted by Crippen LogP contribution is -2.14. The molecule has 1 aromatic carbocycles. The maximum Gasteiger partial charge on any atom is 0.349 e. The zero-order valence-electron chi connectivity index (χ0n) is 11.9. The summed E-state index contributed by atoms with van der Waals surface area (Å²) in [5.74, 6) is -1.32. The number of aryl methyl sites for hydroxylation is 2. The Morgan fingerprint density at radius 3 is 2.57 bits per heavy atom. The van der Waals surface area contributed by atoms with E-state index in [-0.39, 0.29) is 12.1 Å². The molecule has 7 nitrogen and oxygen atoms in total. The molecule has 7 heteroatoms. The minimum atomic E-state index is -1.32. The van der Waals surface area contributed by atoms with E-state index >= 15 is 0 Å². The van der Waals surface area contributed by atoms with Gasteiger partial charge in [0.15, 0.2) is 0 Å². The fourth-order valence-electron chi connectivity index (χ4n) is 2.50. The molecule has 0 saturated heterocycles. The number of carboxylic acid groups (broad SMARTS) is 1. The molecule has 0 bridgehead atoms. The van der Waals surface area contributed by atoms with Crippen LogP contribution in [0.5, 0.6) is 0 Å². The maximum absolute atomic E-state index is 11.3. The van der Waals surface area contributed by atoms with Crippen molar-refractivity contribution in [1.82, 2.24) is 4.57 Å². The van der Waals surface area contributed by atoms with Crippen molar-refractivity contribution in [2.24, 2.45) is 7.05 Å². The summed E-state index contributed by atoms with van der Waals surface area (Å²) >= 11 is 0. The van der Waals surface area contributed by atoms with Crippen molar-refractivity contribution in [2.75, 3.05) is 0 Å². The number of fused-ring (bicyclic) bond motifs is 1. The van der Waals surface area contributed by atoms with E-state index in [1.807, 2.05) is 6.07 Å². The second kappa shape index (κ2) is 5.01. The third-order valence-corrected chi connectivity index (χ3v) is 3.65. The van der Waals surface area contributed by atoms with Crippen LogP contribution >= 0.6 is 0 Å². The van der Waals surface area contributed by atoms with E-state index in [1.165, 1.54) is 6.07 Å². The number of carboxylic acids is 1. The van der Waals surface area contributed by atoms with Crippen LogP contribution < -0.4 is 0 Å². The lowest BCUT2D eigenvalue weighted by Gasteiger charge is -2.02. The highest BCUT2D eigenvalue weighted by molar-refractivity contribution is 6.35. The summed E-state index contributed by atoms with van der Waals surface area (Å²) < 4.78 is 1.79. The van der Waals surface area contributed by atoms with Crippen molar-refractivity contribution in [2.45, 2.75) is 20.3 Å². The molecule has 0 aliphatic heterocycles. The quantitative estimate of drug-likeness (QED) is 0.511. The molecule has 0 amide bonds. The Bertz CT molecular complexity index is 789. The van der Waals surface area contributed by atoms with E-state index in [2.05, 4.69) is 0 Å². The number of non-ortho nitro benzene ring substituents is 1. The van der Waals surface area contributed by atoms with Crippen LogP contribution in [0.4, 0.5) is 5.69 Å². The van der Waals surface area contributed by atoms with Gasteiger partial charge in [-0.25, -0.2) is 4.79 Å². The van der Waals surface area contributed by atoms with Gasteiger partial charge < -0.3 is 9.67 Å². The number of nitrogens with zero attached hydrogens (tertiary/aromatic N) is 2. The SMILES string of the molecule is Cc1cc([N+](=O)[O-])c2c(CC(=N)C(=O)O)c(C)n(C)c2c1. The smallest absolute Gasteiger partial charge is 0.349 e. The van der Waals surface area contributed by atoms with Gasteiger partial charge in [0.25, 0.3) is 5.69 Å². The molecular formula is C14H15N3O4. The Balaban J connectivity index is 2.81. The Labute approximate surface area is 120 Å². The molecule has 1 heterocycles. The summed E-state index contributed by atoms with van der Waals surface area (Å²) in [5, 5.41) is 28.1. The molecule has 21 heavy (non-hydrogen) atoms. The van der Waals surface area contributed by atoms with Crippen molar-refractivity contribution in [1.29, 1.82) is 5.41 Å². The third-order valence-electron chi connectivity index (χ3n) is 3.65. The molecule has 0 fully saturated rings. The first-order chi connectivity index (χ1) is 9.73. The number of nitro groups is 1. The molecule has 0 radical (unpaired) electrons. The molecule has 0 saturated carbocycles. The zero-order valence-corrected chi connectivity index (χ0v) is 11.9. The molecule has 2 N–H and O–H groups in total. The van der Waals surface area contributed by atoms with Crippen LogP contribution in [0.25, 0.3) is 10.9 Å². The molecule has 2 rings (SSSR count). The lowest BCUT2D eigenvalue weighted by atomic mass is 10.0. The molecule has 0 aliphatic carbocycles. The summed E-state index contributed by atoms with van der Waals surface area (Å²) in [4.78, 5) is 21.7. The van der Waals surface area contributed by atoms with E-state index < -0.39 is 16.6 Å². The average molecular weight is 289 g/mol. The van der Waals surface area contributed by atoms with E-state index in [4.69, 9.17) is 10.5 Å². The lowest BCUT2D eigenvalue weighted by molar-refractivity contribution is -0.383. The molecule has 0 spiro atoms. The average Bonchev–Trinajstić information content (AvgIpc) is 2.63. The summed E-state index contributed by atoms with van der Waals surface area (Å²) in [7, 11) is 1.77. The van der Waals surface area contributed by atoms with Gasteiger partial charge in [0.2, 0.25) is 0 Å². The Hall–Kier alpha value is -2.70. The van der Waals surface area contributed by atoms with E-state index in [0.717, 1.165) is 11.3 Å². The fraction of sp³-hybridized carbons (Fsp3) is 0.286. The van der Waals surface area contributed by atoms with Crippen LogP contribution in [-0.4, -0.2) is 26.3 Å². The second-order valence-electron chi connectivity index (χ2n) is 5.02. The van der Waals surface area contributed by atoms with Gasteiger partial charge in [0.1, 0.15) is 5.71 Å². The highest BCUT2D eigenvalue weighted by Crippen LogP contribution is 2.34. The van der Waals surface area contributed by atoms with Crippen LogP contribution in [0.2, 0.25) is 0 Å². The number of hydrogen-bond acceptors (Lipinski definition) is 4. The molecule has 0 atom stereocenters. The molecule has 110 valence electrons. The summed E-state index contributed by atoms with van der Waals surface area (Å²) in [5.41, 5.74) is 2.14. The number of hydrogen-bond donors (Lipinski definition) is 2. The number of nitro benzene ring substituents is 1. The first kappa shape index (κ1) is 14.7. The first-order valence-electron chi connectivity index (χ1n) is 6.27. The van der Waals surface area contributed by atoms with Gasteiger partial charge in [-0.15, -0.1) is 0 Å². The highest BCUT2D eigenvalue weighted by atomic mass is 16.6. The van der Waals surface area contributed by atoms with Gasteiger partial charge >= 0.3 is 5.97 Å². The van der Waals surface area contributed by atoms with Crippen LogP contribution in [0, 0.1) is 29.4 Å². The van der Waals surface area contributed by atoms with E-state index in [1.54, 1.807) is 25.5 Å².